The largest absolute Gasteiger partial charge is 0.378 e. The number of carbonyl (C=O) groups is 1. The summed E-state index contributed by atoms with van der Waals surface area (Å²) >= 11 is 0. The van der Waals surface area contributed by atoms with Gasteiger partial charge in [-0.05, 0) is 39.3 Å². The highest BCUT2D eigenvalue weighted by Crippen LogP contribution is 2.37. The van der Waals surface area contributed by atoms with Gasteiger partial charge in [-0.25, -0.2) is 0 Å². The van der Waals surface area contributed by atoms with Crippen molar-refractivity contribution in [3.63, 3.8) is 0 Å². The van der Waals surface area contributed by atoms with Gasteiger partial charge in [-0.15, -0.1) is 0 Å². The van der Waals surface area contributed by atoms with E-state index in [0.29, 0.717) is 6.42 Å². The second-order valence-corrected chi connectivity index (χ2v) is 4.22. The van der Waals surface area contributed by atoms with Crippen molar-refractivity contribution in [3.8, 4) is 0 Å². The molecule has 88 valence electrons. The molecule has 0 aromatic carbocycles. The van der Waals surface area contributed by atoms with Crippen LogP contribution in [0.1, 0.15) is 32.1 Å². The number of amides is 1. The highest BCUT2D eigenvalue weighted by atomic mass is 16.5. The van der Waals surface area contributed by atoms with E-state index in [9.17, 15) is 4.79 Å². The van der Waals surface area contributed by atoms with Gasteiger partial charge in [0, 0.05) is 13.7 Å². The minimum absolute atomic E-state index is 0.118. The summed E-state index contributed by atoms with van der Waals surface area (Å²) in [6.07, 6.45) is 4.72. The van der Waals surface area contributed by atoms with Gasteiger partial charge in [-0.3, -0.25) is 4.79 Å². The van der Waals surface area contributed by atoms with Crippen molar-refractivity contribution < 1.29 is 9.53 Å². The predicted octanol–water partition coefficient (Wildman–Crippen LogP) is 0.671. The molecule has 4 heteroatoms. The first-order chi connectivity index (χ1) is 7.22. The highest BCUT2D eigenvalue weighted by molar-refractivity contribution is 5.77. The molecule has 0 bridgehead atoms. The predicted molar refractivity (Wildman–Crippen MR) is 59.8 cm³/mol. The summed E-state index contributed by atoms with van der Waals surface area (Å²) in [4.78, 5) is 11.6. The summed E-state index contributed by atoms with van der Waals surface area (Å²) in [7, 11) is 3.61. The number of ether oxygens (including phenoxy) is 1. The molecule has 4 nitrogen and oxygen atoms in total. The van der Waals surface area contributed by atoms with E-state index in [1.807, 2.05) is 7.05 Å². The summed E-state index contributed by atoms with van der Waals surface area (Å²) < 4.78 is 5.40. The smallest absolute Gasteiger partial charge is 0.222 e. The Bertz CT molecular complexity index is 197. The first-order valence-electron chi connectivity index (χ1n) is 5.69. The number of methoxy groups -OCH3 is 1. The van der Waals surface area contributed by atoms with Crippen LogP contribution in [0.3, 0.4) is 0 Å². The van der Waals surface area contributed by atoms with E-state index in [4.69, 9.17) is 4.74 Å². The molecule has 0 atom stereocenters. The summed E-state index contributed by atoms with van der Waals surface area (Å²) in [6, 6.07) is 0. The van der Waals surface area contributed by atoms with Crippen molar-refractivity contribution in [2.45, 2.75) is 37.7 Å². The van der Waals surface area contributed by atoms with E-state index < -0.39 is 0 Å². The molecular formula is C11H22N2O2. The van der Waals surface area contributed by atoms with Crippen molar-refractivity contribution in [1.82, 2.24) is 10.6 Å². The van der Waals surface area contributed by atoms with Gasteiger partial charge in [0.2, 0.25) is 5.91 Å². The van der Waals surface area contributed by atoms with Crippen molar-refractivity contribution in [2.24, 2.45) is 0 Å². The molecule has 0 aromatic rings. The maximum Gasteiger partial charge on any atom is 0.222 e. The lowest BCUT2D eigenvalue weighted by atomic mass is 9.77. The van der Waals surface area contributed by atoms with Gasteiger partial charge in [0.05, 0.1) is 12.0 Å². The quantitative estimate of drug-likeness (QED) is 0.612. The molecule has 1 amide bonds. The van der Waals surface area contributed by atoms with Crippen LogP contribution in [-0.4, -0.2) is 38.8 Å². The Morgan fingerprint density at radius 2 is 2.13 bits per heavy atom. The van der Waals surface area contributed by atoms with Crippen LogP contribution in [0.2, 0.25) is 0 Å². The van der Waals surface area contributed by atoms with E-state index >= 15 is 0 Å². The molecule has 0 heterocycles. The molecule has 15 heavy (non-hydrogen) atoms. The van der Waals surface area contributed by atoms with Gasteiger partial charge in [0.1, 0.15) is 0 Å². The Morgan fingerprint density at radius 1 is 1.40 bits per heavy atom. The average molecular weight is 214 g/mol. The van der Waals surface area contributed by atoms with E-state index in [0.717, 1.165) is 32.4 Å². The van der Waals surface area contributed by atoms with Crippen LogP contribution in [0.25, 0.3) is 0 Å². The van der Waals surface area contributed by atoms with Crippen LogP contribution in [0, 0.1) is 0 Å². The number of rotatable bonds is 7. The number of hydrogen-bond donors (Lipinski definition) is 2. The fraction of sp³-hybridized carbons (Fsp3) is 0.909. The average Bonchev–Trinajstić information content (AvgIpc) is 2.18. The lowest BCUT2D eigenvalue weighted by Gasteiger charge is -2.39. The molecule has 0 aromatic heterocycles. The van der Waals surface area contributed by atoms with Crippen LogP contribution in [-0.2, 0) is 9.53 Å². The molecule has 1 fully saturated rings. The van der Waals surface area contributed by atoms with Crippen molar-refractivity contribution in [3.05, 3.63) is 0 Å². The summed E-state index contributed by atoms with van der Waals surface area (Å²) in [5, 5.41) is 5.96. The first kappa shape index (κ1) is 12.5. The zero-order valence-electron chi connectivity index (χ0n) is 9.77. The van der Waals surface area contributed by atoms with E-state index in [1.54, 1.807) is 7.11 Å². The molecule has 1 rings (SSSR count). The molecule has 1 saturated carbocycles. The zero-order valence-corrected chi connectivity index (χ0v) is 9.77. The minimum atomic E-state index is -0.146. The molecule has 0 spiro atoms. The summed E-state index contributed by atoms with van der Waals surface area (Å²) in [6.45, 7) is 1.69. The Hall–Kier alpha value is -0.610. The zero-order chi connectivity index (χ0) is 11.1. The van der Waals surface area contributed by atoms with Crippen molar-refractivity contribution >= 4 is 5.91 Å². The van der Waals surface area contributed by atoms with Gasteiger partial charge in [-0.2, -0.15) is 0 Å². The first-order valence-corrected chi connectivity index (χ1v) is 5.69. The molecule has 1 aliphatic carbocycles. The standard InChI is InChI=1S/C11H22N2O2/c1-12-7-4-8-13-10(14)9-11(15-2)5-3-6-11/h12H,3-9H2,1-2H3,(H,13,14). The van der Waals surface area contributed by atoms with Gasteiger partial charge in [-0.1, -0.05) is 0 Å². The topological polar surface area (TPSA) is 50.4 Å². The Morgan fingerprint density at radius 3 is 2.60 bits per heavy atom. The second kappa shape index (κ2) is 6.08. The Kier molecular flexibility index (Phi) is 5.05. The minimum Gasteiger partial charge on any atom is -0.378 e. The molecule has 0 aliphatic heterocycles. The molecule has 0 saturated heterocycles. The van der Waals surface area contributed by atoms with Crippen LogP contribution in [0.15, 0.2) is 0 Å². The number of hydrogen-bond acceptors (Lipinski definition) is 3. The van der Waals surface area contributed by atoms with E-state index in [1.165, 1.54) is 6.42 Å². The van der Waals surface area contributed by atoms with Crippen molar-refractivity contribution in [2.75, 3.05) is 27.2 Å². The number of carbonyl (C=O) groups excluding carboxylic acids is 1. The van der Waals surface area contributed by atoms with Crippen LogP contribution in [0.4, 0.5) is 0 Å². The summed E-state index contributed by atoms with van der Waals surface area (Å²) in [5.41, 5.74) is -0.146. The van der Waals surface area contributed by atoms with Crippen LogP contribution >= 0.6 is 0 Å². The van der Waals surface area contributed by atoms with Gasteiger partial charge in [0.15, 0.2) is 0 Å². The third-order valence-corrected chi connectivity index (χ3v) is 3.11. The van der Waals surface area contributed by atoms with E-state index in [2.05, 4.69) is 10.6 Å². The monoisotopic (exact) mass is 214 g/mol. The highest BCUT2D eigenvalue weighted by Gasteiger charge is 2.38. The van der Waals surface area contributed by atoms with Gasteiger partial charge in [0.25, 0.3) is 0 Å². The Balaban J connectivity index is 2.12. The van der Waals surface area contributed by atoms with Crippen molar-refractivity contribution in [1.29, 1.82) is 0 Å². The third kappa shape index (κ3) is 3.80. The second-order valence-electron chi connectivity index (χ2n) is 4.22. The van der Waals surface area contributed by atoms with Crippen LogP contribution < -0.4 is 10.6 Å². The molecule has 1 aliphatic rings. The fourth-order valence-electron chi connectivity index (χ4n) is 1.87. The normalized spacial score (nSPS) is 18.3. The fourth-order valence-corrected chi connectivity index (χ4v) is 1.87. The Labute approximate surface area is 91.8 Å². The molecule has 0 unspecified atom stereocenters. The SMILES string of the molecule is CNCCCNC(=O)CC1(OC)CCC1. The third-order valence-electron chi connectivity index (χ3n) is 3.11. The number of nitrogens with one attached hydrogen (secondary N) is 2. The van der Waals surface area contributed by atoms with Gasteiger partial charge >= 0.3 is 0 Å². The van der Waals surface area contributed by atoms with E-state index in [-0.39, 0.29) is 11.5 Å². The maximum atomic E-state index is 11.6. The molecular weight excluding hydrogens is 192 g/mol. The summed E-state index contributed by atoms with van der Waals surface area (Å²) in [5.74, 6) is 0.118. The lowest BCUT2D eigenvalue weighted by molar-refractivity contribution is -0.134. The molecule has 0 radical (unpaired) electrons. The van der Waals surface area contributed by atoms with Gasteiger partial charge < -0.3 is 15.4 Å². The lowest BCUT2D eigenvalue weighted by Crippen LogP contribution is -2.44. The maximum absolute atomic E-state index is 11.6. The molecule has 2 N–H and O–H groups in total. The van der Waals surface area contributed by atoms with Crippen LogP contribution in [0.5, 0.6) is 0 Å².